The molecule has 1 aromatic heterocycles. The lowest BCUT2D eigenvalue weighted by molar-refractivity contribution is 0.795. The molecule has 17 heavy (non-hydrogen) atoms. The number of aryl methyl sites for hydroxylation is 1. The zero-order valence-corrected chi connectivity index (χ0v) is 10.1. The number of benzene rings is 1. The van der Waals surface area contributed by atoms with E-state index in [1.807, 2.05) is 24.3 Å². The summed E-state index contributed by atoms with van der Waals surface area (Å²) >= 11 is 0. The average molecular weight is 227 g/mol. The van der Waals surface area contributed by atoms with Gasteiger partial charge in [0.05, 0.1) is 0 Å². The Morgan fingerprint density at radius 3 is 2.82 bits per heavy atom. The molecule has 2 nitrogen and oxygen atoms in total. The highest BCUT2D eigenvalue weighted by molar-refractivity contribution is 5.62. The highest BCUT2D eigenvalue weighted by atomic mass is 16.1. The third-order valence-electron chi connectivity index (χ3n) is 2.88. The van der Waals surface area contributed by atoms with Crippen LogP contribution >= 0.6 is 0 Å². The van der Waals surface area contributed by atoms with Crippen LogP contribution in [0.5, 0.6) is 0 Å². The maximum absolute atomic E-state index is 11.7. The average Bonchev–Trinajstić information content (AvgIpc) is 2.37. The van der Waals surface area contributed by atoms with Gasteiger partial charge in [0.25, 0.3) is 5.56 Å². The molecule has 0 saturated carbocycles. The van der Waals surface area contributed by atoms with Crippen molar-refractivity contribution in [3.05, 3.63) is 58.5 Å². The van der Waals surface area contributed by atoms with Crippen molar-refractivity contribution in [2.45, 2.75) is 26.2 Å². The Balaban J connectivity index is 2.33. The highest BCUT2D eigenvalue weighted by Crippen LogP contribution is 2.17. The molecule has 0 bridgehead atoms. The first-order chi connectivity index (χ1) is 8.31. The molecule has 0 aliphatic rings. The molecule has 0 aliphatic carbocycles. The predicted octanol–water partition coefficient (Wildman–Crippen LogP) is 3.38. The van der Waals surface area contributed by atoms with Crippen LogP contribution in [0, 0.1) is 0 Å². The van der Waals surface area contributed by atoms with Crippen LogP contribution in [0.1, 0.15) is 25.3 Å². The van der Waals surface area contributed by atoms with E-state index in [0.717, 1.165) is 17.5 Å². The quantitative estimate of drug-likeness (QED) is 0.853. The van der Waals surface area contributed by atoms with Gasteiger partial charge in [-0.1, -0.05) is 37.6 Å². The van der Waals surface area contributed by atoms with Crippen LogP contribution in [-0.2, 0) is 6.42 Å². The van der Waals surface area contributed by atoms with Gasteiger partial charge in [0.2, 0.25) is 0 Å². The van der Waals surface area contributed by atoms with Crippen molar-refractivity contribution in [3.63, 3.8) is 0 Å². The topological polar surface area (TPSA) is 32.9 Å². The van der Waals surface area contributed by atoms with Gasteiger partial charge >= 0.3 is 0 Å². The fraction of sp³-hybridized carbons (Fsp3) is 0.267. The van der Waals surface area contributed by atoms with Crippen LogP contribution in [0.15, 0.2) is 47.4 Å². The Kier molecular flexibility index (Phi) is 3.76. The van der Waals surface area contributed by atoms with Gasteiger partial charge in [0.1, 0.15) is 0 Å². The zero-order valence-electron chi connectivity index (χ0n) is 10.1. The van der Waals surface area contributed by atoms with E-state index in [9.17, 15) is 4.79 Å². The van der Waals surface area contributed by atoms with E-state index in [1.165, 1.54) is 18.4 Å². The minimum absolute atomic E-state index is 0.0276. The van der Waals surface area contributed by atoms with Gasteiger partial charge in [-0.25, -0.2) is 0 Å². The summed E-state index contributed by atoms with van der Waals surface area (Å²) < 4.78 is 0. The first-order valence-electron chi connectivity index (χ1n) is 6.08. The number of aromatic amines is 1. The molecule has 0 aliphatic heterocycles. The summed E-state index contributed by atoms with van der Waals surface area (Å²) in [4.78, 5) is 14.4. The van der Waals surface area contributed by atoms with Crippen LogP contribution in [0.3, 0.4) is 0 Å². The van der Waals surface area contributed by atoms with Crippen molar-refractivity contribution in [3.8, 4) is 11.1 Å². The minimum Gasteiger partial charge on any atom is -0.329 e. The maximum atomic E-state index is 11.7. The largest absolute Gasteiger partial charge is 0.329 e. The molecule has 2 rings (SSSR count). The number of rotatable bonds is 4. The Hall–Kier alpha value is -1.83. The van der Waals surface area contributed by atoms with Gasteiger partial charge in [-0.05, 0) is 36.1 Å². The van der Waals surface area contributed by atoms with Crippen molar-refractivity contribution in [2.24, 2.45) is 0 Å². The van der Waals surface area contributed by atoms with E-state index in [0.29, 0.717) is 0 Å². The van der Waals surface area contributed by atoms with Crippen molar-refractivity contribution in [2.75, 3.05) is 0 Å². The number of H-pyrrole nitrogens is 1. The zero-order chi connectivity index (χ0) is 12.1. The van der Waals surface area contributed by atoms with E-state index in [2.05, 4.69) is 24.0 Å². The predicted molar refractivity (Wildman–Crippen MR) is 71.1 cm³/mol. The summed E-state index contributed by atoms with van der Waals surface area (Å²) in [5.41, 5.74) is 3.01. The van der Waals surface area contributed by atoms with E-state index in [-0.39, 0.29) is 5.56 Å². The maximum Gasteiger partial charge on any atom is 0.255 e. The summed E-state index contributed by atoms with van der Waals surface area (Å²) in [5, 5.41) is 0. The van der Waals surface area contributed by atoms with Crippen LogP contribution in [-0.4, -0.2) is 4.98 Å². The lowest BCUT2D eigenvalue weighted by Gasteiger charge is -2.04. The second-order valence-electron chi connectivity index (χ2n) is 4.22. The summed E-state index contributed by atoms with van der Waals surface area (Å²) in [6.07, 6.45) is 5.12. The molecule has 0 unspecified atom stereocenters. The molecule has 0 spiro atoms. The number of aromatic nitrogens is 1. The molecule has 0 saturated heterocycles. The Bertz CT molecular complexity index is 542. The van der Waals surface area contributed by atoms with Gasteiger partial charge in [0, 0.05) is 11.8 Å². The monoisotopic (exact) mass is 227 g/mol. The molecular weight excluding hydrogens is 210 g/mol. The lowest BCUT2D eigenvalue weighted by Crippen LogP contribution is -2.06. The molecule has 1 aromatic carbocycles. The molecule has 0 radical (unpaired) electrons. The van der Waals surface area contributed by atoms with Crippen LogP contribution < -0.4 is 5.56 Å². The first kappa shape index (κ1) is 11.6. The van der Waals surface area contributed by atoms with Crippen molar-refractivity contribution >= 4 is 0 Å². The van der Waals surface area contributed by atoms with Gasteiger partial charge in [-0.2, -0.15) is 0 Å². The van der Waals surface area contributed by atoms with E-state index in [1.54, 1.807) is 6.20 Å². The molecule has 2 heteroatoms. The summed E-state index contributed by atoms with van der Waals surface area (Å²) in [6.45, 7) is 2.19. The number of unbranched alkanes of at least 4 members (excludes halogenated alkanes) is 1. The van der Waals surface area contributed by atoms with Gasteiger partial charge in [-0.3, -0.25) is 4.79 Å². The molecule has 1 N–H and O–H groups in total. The van der Waals surface area contributed by atoms with E-state index in [4.69, 9.17) is 0 Å². The van der Waals surface area contributed by atoms with E-state index < -0.39 is 0 Å². The number of pyridine rings is 1. The van der Waals surface area contributed by atoms with Gasteiger partial charge < -0.3 is 4.98 Å². The van der Waals surface area contributed by atoms with Crippen LogP contribution in [0.4, 0.5) is 0 Å². The summed E-state index contributed by atoms with van der Waals surface area (Å²) in [7, 11) is 0. The Labute approximate surface area is 101 Å². The molecule has 2 aromatic rings. The Morgan fingerprint density at radius 2 is 2.06 bits per heavy atom. The fourth-order valence-corrected chi connectivity index (χ4v) is 1.92. The lowest BCUT2D eigenvalue weighted by atomic mass is 10.0. The number of nitrogens with one attached hydrogen (secondary N) is 1. The van der Waals surface area contributed by atoms with E-state index >= 15 is 0 Å². The normalized spacial score (nSPS) is 10.4. The smallest absolute Gasteiger partial charge is 0.255 e. The minimum atomic E-state index is -0.0276. The van der Waals surface area contributed by atoms with Crippen molar-refractivity contribution in [1.82, 2.24) is 4.98 Å². The molecule has 0 atom stereocenters. The van der Waals surface area contributed by atoms with Gasteiger partial charge in [-0.15, -0.1) is 0 Å². The standard InChI is InChI=1S/C15H17NO/c1-2-3-6-12-7-4-8-13(11-12)14-9-5-10-16-15(14)17/h4-5,7-11H,2-3,6H2,1H3,(H,16,17). The summed E-state index contributed by atoms with van der Waals surface area (Å²) in [5.74, 6) is 0. The van der Waals surface area contributed by atoms with Gasteiger partial charge in [0.15, 0.2) is 0 Å². The highest BCUT2D eigenvalue weighted by Gasteiger charge is 2.02. The molecule has 1 heterocycles. The molecule has 0 fully saturated rings. The number of hydrogen-bond donors (Lipinski definition) is 1. The SMILES string of the molecule is CCCCc1cccc(-c2ccc[nH]c2=O)c1. The fourth-order valence-electron chi connectivity index (χ4n) is 1.92. The third kappa shape index (κ3) is 2.84. The van der Waals surface area contributed by atoms with Crippen LogP contribution in [0.2, 0.25) is 0 Å². The molecular formula is C15H17NO. The first-order valence-corrected chi connectivity index (χ1v) is 6.08. The molecule has 88 valence electrons. The Morgan fingerprint density at radius 1 is 1.18 bits per heavy atom. The van der Waals surface area contributed by atoms with Crippen LogP contribution in [0.25, 0.3) is 11.1 Å². The molecule has 0 amide bonds. The summed E-state index contributed by atoms with van der Waals surface area (Å²) in [6, 6.07) is 12.0. The third-order valence-corrected chi connectivity index (χ3v) is 2.88. The second kappa shape index (κ2) is 5.48. The van der Waals surface area contributed by atoms with Crippen molar-refractivity contribution in [1.29, 1.82) is 0 Å². The number of hydrogen-bond acceptors (Lipinski definition) is 1. The second-order valence-corrected chi connectivity index (χ2v) is 4.22. The van der Waals surface area contributed by atoms with Crippen molar-refractivity contribution < 1.29 is 0 Å².